The van der Waals surface area contributed by atoms with E-state index in [9.17, 15) is 5.11 Å². The van der Waals surface area contributed by atoms with E-state index in [1.807, 2.05) is 0 Å². The number of anilines is 1. The number of benzene rings is 1. The van der Waals surface area contributed by atoms with E-state index in [0.29, 0.717) is 17.6 Å². The Morgan fingerprint density at radius 3 is 2.60 bits per heavy atom. The number of aromatic hydroxyl groups is 1. The Bertz CT molecular complexity index is 1240. The smallest absolute Gasteiger partial charge is 0.216 e. The summed E-state index contributed by atoms with van der Waals surface area (Å²) < 4.78 is 35.4. The highest BCUT2D eigenvalue weighted by atomic mass is 19.1. The summed E-state index contributed by atoms with van der Waals surface area (Å²) in [5.74, 6) is 0.181. The van der Waals surface area contributed by atoms with Gasteiger partial charge >= 0.3 is 0 Å². The van der Waals surface area contributed by atoms with Gasteiger partial charge in [0.1, 0.15) is 29.9 Å². The van der Waals surface area contributed by atoms with Gasteiger partial charge in [-0.3, -0.25) is 4.98 Å². The van der Waals surface area contributed by atoms with E-state index in [2.05, 4.69) is 30.2 Å². The number of methoxy groups -OCH3 is 1. The largest absolute Gasteiger partial charge is 0.507 e. The number of piperidine rings is 1. The molecule has 3 aromatic rings. The minimum absolute atomic E-state index is 0.0967. The monoisotopic (exact) mass is 480 g/mol. The van der Waals surface area contributed by atoms with E-state index in [1.54, 1.807) is 6.20 Å². The van der Waals surface area contributed by atoms with Crippen LogP contribution in [-0.4, -0.2) is 62.5 Å². The van der Waals surface area contributed by atoms with Gasteiger partial charge in [-0.05, 0) is 44.2 Å². The second-order valence-electron chi connectivity index (χ2n) is 9.49. The molecule has 1 aliphatic carbocycles. The molecule has 2 aliphatic heterocycles. The van der Waals surface area contributed by atoms with Crippen LogP contribution in [0.5, 0.6) is 11.6 Å². The van der Waals surface area contributed by atoms with E-state index in [0.717, 1.165) is 32.1 Å². The average Bonchev–Trinajstić information content (AvgIpc) is 3.63. The first-order chi connectivity index (χ1) is 17.0. The van der Waals surface area contributed by atoms with Crippen molar-refractivity contribution >= 4 is 5.82 Å². The van der Waals surface area contributed by atoms with Gasteiger partial charge in [-0.1, -0.05) is 0 Å². The van der Waals surface area contributed by atoms with Gasteiger partial charge in [-0.15, -0.1) is 0 Å². The number of nitrogens with zero attached hydrogens (tertiary/aromatic N) is 5. The van der Waals surface area contributed by atoms with Crippen LogP contribution in [0.2, 0.25) is 0 Å². The van der Waals surface area contributed by atoms with Crippen LogP contribution in [0.4, 0.5) is 14.6 Å². The number of nitrogens with one attached hydrogen (secondary N) is 1. The minimum atomic E-state index is -0.957. The lowest BCUT2D eigenvalue weighted by atomic mass is 9.96. The molecule has 0 amide bonds. The molecule has 1 aromatic carbocycles. The van der Waals surface area contributed by atoms with E-state index in [4.69, 9.17) is 4.74 Å². The third-order valence-corrected chi connectivity index (χ3v) is 7.24. The molecule has 8 nitrogen and oxygen atoms in total. The Labute approximate surface area is 201 Å². The van der Waals surface area contributed by atoms with Crippen molar-refractivity contribution in [1.29, 1.82) is 0 Å². The fourth-order valence-corrected chi connectivity index (χ4v) is 5.38. The van der Waals surface area contributed by atoms with Gasteiger partial charge < -0.3 is 20.1 Å². The fraction of sp³-hybridized carbons (Fsp3) is 0.440. The van der Waals surface area contributed by atoms with Crippen LogP contribution < -0.4 is 15.0 Å². The Kier molecular flexibility index (Phi) is 5.47. The van der Waals surface area contributed by atoms with Gasteiger partial charge in [0.25, 0.3) is 0 Å². The molecule has 10 heteroatoms. The van der Waals surface area contributed by atoms with Crippen molar-refractivity contribution in [3.8, 4) is 34.1 Å². The summed E-state index contributed by atoms with van der Waals surface area (Å²) in [6.07, 6.45) is 8.07. The first kappa shape index (κ1) is 22.1. The number of ether oxygens (including phenoxy) is 1. The van der Waals surface area contributed by atoms with Crippen molar-refractivity contribution in [3.63, 3.8) is 0 Å². The Morgan fingerprint density at radius 2 is 1.86 bits per heavy atom. The van der Waals surface area contributed by atoms with Crippen LogP contribution in [0, 0.1) is 5.82 Å². The molecule has 3 aliphatic rings. The van der Waals surface area contributed by atoms with Crippen molar-refractivity contribution in [1.82, 2.24) is 25.3 Å². The van der Waals surface area contributed by atoms with Crippen LogP contribution in [-0.2, 0) is 0 Å². The molecule has 1 saturated carbocycles. The standard InChI is InChI=1S/C25H26F2N6O2/c1-35-24-9-19(30-12-31-24)15-8-22(34)16(7-17(15)26)20-10-29-23(11-28-20)33(14-3-4-14)21-6-13-2-5-18(32-13)25(21)27/h7-14,18,21,25,32,34H,2-6H2,1H3. The molecule has 2 bridgehead atoms. The first-order valence-corrected chi connectivity index (χ1v) is 11.9. The molecule has 4 atom stereocenters. The maximum Gasteiger partial charge on any atom is 0.216 e. The quantitative estimate of drug-likeness (QED) is 0.552. The molecule has 2 saturated heterocycles. The zero-order valence-electron chi connectivity index (χ0n) is 19.2. The summed E-state index contributed by atoms with van der Waals surface area (Å²) in [4.78, 5) is 19.1. The lowest BCUT2D eigenvalue weighted by Gasteiger charge is -2.41. The molecule has 2 N–H and O–H groups in total. The van der Waals surface area contributed by atoms with Crippen LogP contribution in [0.15, 0.2) is 36.9 Å². The molecule has 0 spiro atoms. The Balaban J connectivity index is 1.28. The van der Waals surface area contributed by atoms with Crippen molar-refractivity contribution in [3.05, 3.63) is 42.7 Å². The lowest BCUT2D eigenvalue weighted by molar-refractivity contribution is 0.171. The van der Waals surface area contributed by atoms with Crippen LogP contribution in [0.1, 0.15) is 32.1 Å². The summed E-state index contributed by atoms with van der Waals surface area (Å²) in [7, 11) is 1.46. The van der Waals surface area contributed by atoms with E-state index >= 15 is 8.78 Å². The predicted molar refractivity (Wildman–Crippen MR) is 125 cm³/mol. The molecule has 182 valence electrons. The maximum atomic E-state index is 15.3. The molecule has 2 aromatic heterocycles. The summed E-state index contributed by atoms with van der Waals surface area (Å²) in [6, 6.07) is 4.30. The van der Waals surface area contributed by atoms with Crippen molar-refractivity contribution in [2.75, 3.05) is 12.0 Å². The molecule has 6 rings (SSSR count). The van der Waals surface area contributed by atoms with Crippen molar-refractivity contribution < 1.29 is 18.6 Å². The fourth-order valence-electron chi connectivity index (χ4n) is 5.38. The number of phenolic OH excluding ortho intramolecular Hbond substituents is 1. The highest BCUT2D eigenvalue weighted by molar-refractivity contribution is 5.73. The SMILES string of the molecule is COc1cc(-c2cc(O)c(-c3cnc(N(C4CC4)C4CC5CCC(N5)C4F)cn3)cc2F)ncn1. The topological polar surface area (TPSA) is 96.3 Å². The average molecular weight is 481 g/mol. The normalized spacial score (nSPS) is 25.5. The number of fused-ring (bicyclic) bond motifs is 2. The van der Waals surface area contributed by atoms with Crippen molar-refractivity contribution in [2.24, 2.45) is 0 Å². The third kappa shape index (κ3) is 4.05. The number of rotatable bonds is 6. The summed E-state index contributed by atoms with van der Waals surface area (Å²) in [5.41, 5.74) is 0.947. The van der Waals surface area contributed by atoms with Gasteiger partial charge in [0.2, 0.25) is 5.88 Å². The minimum Gasteiger partial charge on any atom is -0.507 e. The molecule has 4 heterocycles. The van der Waals surface area contributed by atoms with Gasteiger partial charge in [-0.25, -0.2) is 23.7 Å². The zero-order valence-corrected chi connectivity index (χ0v) is 19.2. The van der Waals surface area contributed by atoms with Crippen LogP contribution >= 0.6 is 0 Å². The summed E-state index contributed by atoms with van der Waals surface area (Å²) in [6.45, 7) is 0. The first-order valence-electron chi connectivity index (χ1n) is 11.9. The predicted octanol–water partition coefficient (Wildman–Crippen LogP) is 3.65. The van der Waals surface area contributed by atoms with Gasteiger partial charge in [0.05, 0.1) is 36.9 Å². The number of aromatic nitrogens is 4. The number of alkyl halides is 1. The molecule has 4 unspecified atom stereocenters. The Morgan fingerprint density at radius 1 is 1.00 bits per heavy atom. The lowest BCUT2D eigenvalue weighted by Crippen LogP contribution is -2.57. The summed E-state index contributed by atoms with van der Waals surface area (Å²) >= 11 is 0. The van der Waals surface area contributed by atoms with Crippen molar-refractivity contribution in [2.45, 2.75) is 62.4 Å². The number of hydrogen-bond acceptors (Lipinski definition) is 8. The van der Waals surface area contributed by atoms with E-state index in [-0.39, 0.29) is 46.6 Å². The maximum absolute atomic E-state index is 15.3. The third-order valence-electron chi connectivity index (χ3n) is 7.24. The van der Waals surface area contributed by atoms with Crippen LogP contribution in [0.25, 0.3) is 22.5 Å². The van der Waals surface area contributed by atoms with Crippen LogP contribution in [0.3, 0.4) is 0 Å². The number of hydrogen-bond donors (Lipinski definition) is 2. The van der Waals surface area contributed by atoms with E-state index < -0.39 is 12.0 Å². The van der Waals surface area contributed by atoms with Gasteiger partial charge in [0, 0.05) is 35.3 Å². The zero-order chi connectivity index (χ0) is 24.1. The Hall–Kier alpha value is -3.40. The summed E-state index contributed by atoms with van der Waals surface area (Å²) in [5, 5.41) is 14.0. The van der Waals surface area contributed by atoms with Gasteiger partial charge in [-0.2, -0.15) is 0 Å². The van der Waals surface area contributed by atoms with Gasteiger partial charge in [0.15, 0.2) is 0 Å². The molecule has 35 heavy (non-hydrogen) atoms. The van der Waals surface area contributed by atoms with E-state index in [1.165, 1.54) is 37.8 Å². The highest BCUT2D eigenvalue weighted by Gasteiger charge is 2.48. The number of phenols is 1. The molecular weight excluding hydrogens is 454 g/mol. The number of halogens is 2. The molecular formula is C25H26F2N6O2. The second-order valence-corrected chi connectivity index (χ2v) is 9.49. The highest BCUT2D eigenvalue weighted by Crippen LogP contribution is 2.40. The molecule has 3 fully saturated rings. The second kappa shape index (κ2) is 8.67. The molecule has 0 radical (unpaired) electrons.